The van der Waals surface area contributed by atoms with E-state index in [9.17, 15) is 5.11 Å². The molecule has 2 heterocycles. The third kappa shape index (κ3) is 5.98. The third-order valence-corrected chi connectivity index (χ3v) is 9.74. The summed E-state index contributed by atoms with van der Waals surface area (Å²) in [6, 6.07) is 38.5. The normalized spacial score (nSPS) is 12.6. The number of hydrogen-bond donors (Lipinski definition) is 1. The minimum absolute atomic E-state index is 0.0536. The van der Waals surface area contributed by atoms with Crippen molar-refractivity contribution in [1.29, 1.82) is 0 Å². The van der Waals surface area contributed by atoms with Crippen molar-refractivity contribution in [2.45, 2.75) is 78.7 Å². The molecule has 1 N–H and O–H groups in total. The maximum atomic E-state index is 11.2. The molecule has 0 unspecified atom stereocenters. The summed E-state index contributed by atoms with van der Waals surface area (Å²) in [5.41, 5.74) is 12.4. The Bertz CT molecular complexity index is 2380. The number of nitrogens with zero attached hydrogens (tertiary/aromatic N) is 3. The SMILES string of the molecule is CC(C)(C)c1ccc(O)c(-c2nc3c(-c4cccc(-c5cc(C(C)(C)C)cc6c(-c7ccccc7)ccnc56)c4)cccc3n2C(C)(C)C)c1. The van der Waals surface area contributed by atoms with E-state index in [-0.39, 0.29) is 22.1 Å². The van der Waals surface area contributed by atoms with E-state index < -0.39 is 0 Å². The Balaban J connectivity index is 1.45. The van der Waals surface area contributed by atoms with Crippen molar-refractivity contribution >= 4 is 21.9 Å². The zero-order valence-electron chi connectivity index (χ0n) is 30.8. The Labute approximate surface area is 296 Å². The molecular weight excluding hydrogens is 611 g/mol. The van der Waals surface area contributed by atoms with Gasteiger partial charge < -0.3 is 9.67 Å². The minimum atomic E-state index is -0.289. The van der Waals surface area contributed by atoms with Crippen molar-refractivity contribution in [3.63, 3.8) is 0 Å². The van der Waals surface area contributed by atoms with Gasteiger partial charge >= 0.3 is 0 Å². The largest absolute Gasteiger partial charge is 0.507 e. The van der Waals surface area contributed by atoms with Gasteiger partial charge in [0.25, 0.3) is 0 Å². The topological polar surface area (TPSA) is 50.9 Å². The fraction of sp³-hybridized carbons (Fsp3) is 0.261. The molecule has 252 valence electrons. The molecule has 0 fully saturated rings. The van der Waals surface area contributed by atoms with Crippen LogP contribution in [-0.4, -0.2) is 19.6 Å². The van der Waals surface area contributed by atoms with Gasteiger partial charge in [0.2, 0.25) is 0 Å². The van der Waals surface area contributed by atoms with Crippen LogP contribution in [0.1, 0.15) is 73.4 Å². The summed E-state index contributed by atoms with van der Waals surface area (Å²) in [6.45, 7) is 20.0. The van der Waals surface area contributed by atoms with Crippen molar-refractivity contribution in [3.8, 4) is 50.5 Å². The highest BCUT2D eigenvalue weighted by molar-refractivity contribution is 6.03. The first-order chi connectivity index (χ1) is 23.6. The summed E-state index contributed by atoms with van der Waals surface area (Å²) in [5, 5.41) is 12.4. The van der Waals surface area contributed by atoms with Crippen LogP contribution in [-0.2, 0) is 16.4 Å². The van der Waals surface area contributed by atoms with E-state index in [1.165, 1.54) is 16.7 Å². The number of benzene rings is 5. The maximum absolute atomic E-state index is 11.2. The summed E-state index contributed by atoms with van der Waals surface area (Å²) in [6.07, 6.45) is 1.93. The smallest absolute Gasteiger partial charge is 0.145 e. The number of para-hydroxylation sites is 1. The average Bonchev–Trinajstić information content (AvgIpc) is 3.48. The molecule has 0 saturated heterocycles. The molecule has 50 heavy (non-hydrogen) atoms. The molecular formula is C46H47N3O. The maximum Gasteiger partial charge on any atom is 0.145 e. The molecule has 0 aliphatic heterocycles. The number of imidazole rings is 1. The van der Waals surface area contributed by atoms with Crippen molar-refractivity contribution in [2.24, 2.45) is 0 Å². The number of phenols is 1. The van der Waals surface area contributed by atoms with E-state index in [2.05, 4.69) is 164 Å². The zero-order valence-corrected chi connectivity index (χ0v) is 30.8. The van der Waals surface area contributed by atoms with Crippen LogP contribution < -0.4 is 0 Å². The van der Waals surface area contributed by atoms with E-state index in [0.29, 0.717) is 0 Å². The molecule has 0 saturated carbocycles. The third-order valence-electron chi connectivity index (χ3n) is 9.74. The lowest BCUT2D eigenvalue weighted by atomic mass is 9.83. The number of fused-ring (bicyclic) bond motifs is 2. The van der Waals surface area contributed by atoms with E-state index in [0.717, 1.165) is 61.1 Å². The molecule has 4 nitrogen and oxygen atoms in total. The standard InChI is InChI=1S/C46H47N3O/c1-44(2,3)32-21-22-40(50)38(26-32)43-48-42-35(19-14-20-39(42)49(43)46(7,8)9)30-17-13-18-31(25-30)36-27-33(45(4,5)6)28-37-34(23-24-47-41(36)37)29-15-11-10-12-16-29/h10-28,50H,1-9H3. The number of hydrogen-bond acceptors (Lipinski definition) is 3. The van der Waals surface area contributed by atoms with Gasteiger partial charge in [-0.3, -0.25) is 4.98 Å². The van der Waals surface area contributed by atoms with Crippen LogP contribution >= 0.6 is 0 Å². The Morgan fingerprint density at radius 2 is 1.16 bits per heavy atom. The summed E-state index contributed by atoms with van der Waals surface area (Å²) < 4.78 is 2.27. The highest BCUT2D eigenvalue weighted by atomic mass is 16.3. The second kappa shape index (κ2) is 12.0. The molecule has 7 aromatic rings. The lowest BCUT2D eigenvalue weighted by molar-refractivity contribution is 0.411. The van der Waals surface area contributed by atoms with Gasteiger partial charge in [-0.15, -0.1) is 0 Å². The molecule has 0 atom stereocenters. The van der Waals surface area contributed by atoms with Crippen LogP contribution in [0.3, 0.4) is 0 Å². The first kappa shape index (κ1) is 33.3. The second-order valence-electron chi connectivity index (χ2n) is 16.6. The van der Waals surface area contributed by atoms with Crippen molar-refractivity contribution < 1.29 is 5.11 Å². The highest BCUT2D eigenvalue weighted by Gasteiger charge is 2.27. The molecule has 0 aliphatic carbocycles. The van der Waals surface area contributed by atoms with Crippen LogP contribution in [0.5, 0.6) is 5.75 Å². The number of aromatic nitrogens is 3. The minimum Gasteiger partial charge on any atom is -0.507 e. The van der Waals surface area contributed by atoms with Gasteiger partial charge in [-0.1, -0.05) is 108 Å². The summed E-state index contributed by atoms with van der Waals surface area (Å²) in [4.78, 5) is 10.3. The fourth-order valence-corrected chi connectivity index (χ4v) is 7.01. The van der Waals surface area contributed by atoms with Crippen LogP contribution in [0.25, 0.3) is 66.7 Å². The lowest BCUT2D eigenvalue weighted by Gasteiger charge is -2.26. The van der Waals surface area contributed by atoms with Gasteiger partial charge in [0.15, 0.2) is 0 Å². The van der Waals surface area contributed by atoms with Gasteiger partial charge in [-0.2, -0.15) is 0 Å². The molecule has 7 rings (SSSR count). The Kier molecular flexibility index (Phi) is 7.98. The summed E-state index contributed by atoms with van der Waals surface area (Å²) in [5.74, 6) is 0.997. The first-order valence-electron chi connectivity index (χ1n) is 17.6. The molecule has 0 aliphatic rings. The van der Waals surface area contributed by atoms with Crippen LogP contribution in [0.2, 0.25) is 0 Å². The van der Waals surface area contributed by atoms with Gasteiger partial charge in [0, 0.05) is 28.2 Å². The summed E-state index contributed by atoms with van der Waals surface area (Å²) >= 11 is 0. The quantitative estimate of drug-likeness (QED) is 0.205. The lowest BCUT2D eigenvalue weighted by Crippen LogP contribution is -2.22. The predicted molar refractivity (Wildman–Crippen MR) is 211 cm³/mol. The van der Waals surface area contributed by atoms with E-state index >= 15 is 0 Å². The number of aromatic hydroxyl groups is 1. The average molecular weight is 658 g/mol. The number of phenolic OH excluding ortho intramolecular Hbond substituents is 1. The molecule has 0 spiro atoms. The van der Waals surface area contributed by atoms with Crippen molar-refractivity contribution in [1.82, 2.24) is 14.5 Å². The van der Waals surface area contributed by atoms with Crippen molar-refractivity contribution in [3.05, 3.63) is 127 Å². The molecule has 5 aromatic carbocycles. The van der Waals surface area contributed by atoms with E-state index in [4.69, 9.17) is 9.97 Å². The van der Waals surface area contributed by atoms with Gasteiger partial charge in [-0.25, -0.2) is 4.98 Å². The van der Waals surface area contributed by atoms with Gasteiger partial charge in [-0.05, 0) is 107 Å². The molecule has 0 bridgehead atoms. The zero-order chi connectivity index (χ0) is 35.6. The molecule has 4 heteroatoms. The van der Waals surface area contributed by atoms with Gasteiger partial charge in [0.05, 0.1) is 22.1 Å². The predicted octanol–water partition coefficient (Wildman–Crippen LogP) is 12.3. The monoisotopic (exact) mass is 657 g/mol. The van der Waals surface area contributed by atoms with Crippen molar-refractivity contribution in [2.75, 3.05) is 0 Å². The molecule has 2 aromatic heterocycles. The van der Waals surface area contributed by atoms with Crippen LogP contribution in [0, 0.1) is 0 Å². The second-order valence-corrected chi connectivity index (χ2v) is 16.6. The Morgan fingerprint density at radius 1 is 0.520 bits per heavy atom. The fourth-order valence-electron chi connectivity index (χ4n) is 7.01. The Hall–Kier alpha value is -5.22. The Morgan fingerprint density at radius 3 is 1.84 bits per heavy atom. The number of rotatable bonds is 4. The summed E-state index contributed by atoms with van der Waals surface area (Å²) in [7, 11) is 0. The van der Waals surface area contributed by atoms with Crippen LogP contribution in [0.4, 0.5) is 0 Å². The van der Waals surface area contributed by atoms with Crippen LogP contribution in [0.15, 0.2) is 115 Å². The molecule has 0 radical (unpaired) electrons. The first-order valence-corrected chi connectivity index (χ1v) is 17.6. The van der Waals surface area contributed by atoms with E-state index in [1.54, 1.807) is 6.07 Å². The molecule has 0 amide bonds. The van der Waals surface area contributed by atoms with E-state index in [1.807, 2.05) is 12.3 Å². The number of pyridine rings is 1. The van der Waals surface area contributed by atoms with Gasteiger partial charge in [0.1, 0.15) is 11.6 Å². The highest BCUT2D eigenvalue weighted by Crippen LogP contribution is 2.42.